The lowest BCUT2D eigenvalue weighted by atomic mass is 9.97. The van der Waals surface area contributed by atoms with Crippen LogP contribution in [0.3, 0.4) is 0 Å². The minimum absolute atomic E-state index is 0.0326. The molecule has 0 amide bonds. The van der Waals surface area contributed by atoms with Gasteiger partial charge in [-0.25, -0.2) is 19.7 Å². The molecule has 0 saturated carbocycles. The molecule has 5 aromatic rings. The van der Waals surface area contributed by atoms with Crippen LogP contribution < -0.4 is 5.69 Å². The first kappa shape index (κ1) is 22.2. The van der Waals surface area contributed by atoms with E-state index in [-0.39, 0.29) is 12.3 Å². The normalized spacial score (nSPS) is 11.6. The van der Waals surface area contributed by atoms with Gasteiger partial charge in [0.05, 0.1) is 35.4 Å². The van der Waals surface area contributed by atoms with Crippen molar-refractivity contribution in [1.29, 1.82) is 0 Å². The van der Waals surface area contributed by atoms with E-state index in [0.717, 1.165) is 27.3 Å². The van der Waals surface area contributed by atoms with Crippen molar-refractivity contribution >= 4 is 22.5 Å². The molecule has 1 N–H and O–H groups in total. The highest BCUT2D eigenvalue weighted by atomic mass is 32.1. The lowest BCUT2D eigenvalue weighted by Crippen LogP contribution is -2.22. The molecule has 172 valence electrons. The summed E-state index contributed by atoms with van der Waals surface area (Å²) in [4.78, 5) is 27.7. The Hall–Kier alpha value is -3.62. The van der Waals surface area contributed by atoms with E-state index >= 15 is 0 Å². The third-order valence-corrected chi connectivity index (χ3v) is 6.88. The van der Waals surface area contributed by atoms with Crippen LogP contribution in [0.1, 0.15) is 35.8 Å². The van der Waals surface area contributed by atoms with Crippen LogP contribution in [0.15, 0.2) is 65.0 Å². The molecular formula is C26H25N5O2S. The van der Waals surface area contributed by atoms with Crippen molar-refractivity contribution < 1.29 is 5.11 Å². The monoisotopic (exact) mass is 471 g/mol. The second-order valence-electron chi connectivity index (χ2n) is 8.55. The molecular weight excluding hydrogens is 446 g/mol. The minimum Gasteiger partial charge on any atom is -0.391 e. The summed E-state index contributed by atoms with van der Waals surface area (Å²) in [5.41, 5.74) is 7.77. The molecule has 0 radical (unpaired) electrons. The van der Waals surface area contributed by atoms with Crippen molar-refractivity contribution in [3.8, 4) is 22.6 Å². The van der Waals surface area contributed by atoms with Crippen molar-refractivity contribution in [3.05, 3.63) is 86.7 Å². The highest BCUT2D eigenvalue weighted by Crippen LogP contribution is 2.28. The molecule has 34 heavy (non-hydrogen) atoms. The maximum absolute atomic E-state index is 13.1. The highest BCUT2D eigenvalue weighted by molar-refractivity contribution is 7.10. The number of aliphatic hydroxyl groups is 1. The lowest BCUT2D eigenvalue weighted by Gasteiger charge is -2.11. The Bertz CT molecular complexity index is 1530. The van der Waals surface area contributed by atoms with E-state index in [1.54, 1.807) is 27.9 Å². The van der Waals surface area contributed by atoms with E-state index in [1.807, 2.05) is 42.5 Å². The summed E-state index contributed by atoms with van der Waals surface area (Å²) in [5.74, 6) is 0.947. The van der Waals surface area contributed by atoms with Gasteiger partial charge in [0.15, 0.2) is 11.5 Å². The van der Waals surface area contributed by atoms with E-state index < -0.39 is 0 Å². The van der Waals surface area contributed by atoms with Crippen LogP contribution >= 0.6 is 11.3 Å². The number of fused-ring (bicyclic) bond motifs is 1. The van der Waals surface area contributed by atoms with Crippen molar-refractivity contribution in [2.75, 3.05) is 0 Å². The zero-order valence-corrected chi connectivity index (χ0v) is 20.1. The zero-order chi connectivity index (χ0) is 23.8. The maximum atomic E-state index is 13.1. The molecule has 0 unspecified atom stereocenters. The van der Waals surface area contributed by atoms with Gasteiger partial charge in [0.2, 0.25) is 0 Å². The molecule has 7 nitrogen and oxygen atoms in total. The summed E-state index contributed by atoms with van der Waals surface area (Å²) >= 11 is 1.44. The largest absolute Gasteiger partial charge is 0.391 e. The van der Waals surface area contributed by atoms with Gasteiger partial charge in [-0.15, -0.1) is 11.3 Å². The molecule has 0 atom stereocenters. The van der Waals surface area contributed by atoms with Gasteiger partial charge in [0.25, 0.3) is 0 Å². The Kier molecular flexibility index (Phi) is 5.85. The number of imidazole rings is 1. The van der Waals surface area contributed by atoms with Crippen molar-refractivity contribution in [2.45, 2.75) is 32.9 Å². The van der Waals surface area contributed by atoms with E-state index in [1.165, 1.54) is 16.9 Å². The molecule has 0 spiro atoms. The van der Waals surface area contributed by atoms with Gasteiger partial charge < -0.3 is 5.11 Å². The van der Waals surface area contributed by atoms with Gasteiger partial charge >= 0.3 is 5.69 Å². The second kappa shape index (κ2) is 8.96. The fraction of sp³-hybridized carbons (Fsp3) is 0.231. The number of hydrogen-bond donors (Lipinski definition) is 1. The first-order valence-electron chi connectivity index (χ1n) is 11.1. The van der Waals surface area contributed by atoms with Crippen LogP contribution in [0.25, 0.3) is 33.8 Å². The number of rotatable bonds is 6. The van der Waals surface area contributed by atoms with Crippen LogP contribution in [0, 0.1) is 0 Å². The van der Waals surface area contributed by atoms with Gasteiger partial charge in [-0.1, -0.05) is 62.4 Å². The van der Waals surface area contributed by atoms with E-state index in [9.17, 15) is 9.90 Å². The SMILES string of the molecule is CC(C)c1ccccc1-c1ncc2c(n1)n(Cc1ccc(-c3ncsc3CO)cc1)c(=O)n2C. The summed E-state index contributed by atoms with van der Waals surface area (Å²) in [6, 6.07) is 16.0. The van der Waals surface area contributed by atoms with Gasteiger partial charge in [0, 0.05) is 18.2 Å². The Morgan fingerprint density at radius 1 is 1.06 bits per heavy atom. The number of thiazole rings is 1. The number of nitrogens with zero attached hydrogens (tertiary/aromatic N) is 5. The zero-order valence-electron chi connectivity index (χ0n) is 19.3. The molecule has 0 fully saturated rings. The molecule has 0 aliphatic heterocycles. The Morgan fingerprint density at radius 3 is 2.56 bits per heavy atom. The number of benzene rings is 2. The fourth-order valence-electron chi connectivity index (χ4n) is 4.22. The quantitative estimate of drug-likeness (QED) is 0.392. The Balaban J connectivity index is 1.54. The molecule has 3 heterocycles. The second-order valence-corrected chi connectivity index (χ2v) is 9.49. The maximum Gasteiger partial charge on any atom is 0.330 e. The molecule has 0 bridgehead atoms. The van der Waals surface area contributed by atoms with Crippen LogP contribution in [0.5, 0.6) is 0 Å². The van der Waals surface area contributed by atoms with Crippen molar-refractivity contribution in [3.63, 3.8) is 0 Å². The predicted octanol–water partition coefficient (Wildman–Crippen LogP) is 4.58. The first-order chi connectivity index (χ1) is 16.5. The van der Waals surface area contributed by atoms with Crippen molar-refractivity contribution in [1.82, 2.24) is 24.1 Å². The van der Waals surface area contributed by atoms with Gasteiger partial charge in [0.1, 0.15) is 5.52 Å². The molecule has 5 rings (SSSR count). The highest BCUT2D eigenvalue weighted by Gasteiger charge is 2.17. The van der Waals surface area contributed by atoms with Crippen LogP contribution in [0.2, 0.25) is 0 Å². The Morgan fingerprint density at radius 2 is 1.82 bits per heavy atom. The first-order valence-corrected chi connectivity index (χ1v) is 12.0. The number of aryl methyl sites for hydroxylation is 1. The van der Waals surface area contributed by atoms with E-state index in [2.05, 4.69) is 29.9 Å². The summed E-state index contributed by atoms with van der Waals surface area (Å²) in [6.45, 7) is 4.65. The smallest absolute Gasteiger partial charge is 0.330 e. The van der Waals surface area contributed by atoms with Crippen LogP contribution in [-0.4, -0.2) is 29.2 Å². The number of aromatic nitrogens is 5. The number of hydrogen-bond acceptors (Lipinski definition) is 6. The Labute approximate surface area is 201 Å². The fourth-order valence-corrected chi connectivity index (χ4v) is 4.86. The third-order valence-electron chi connectivity index (χ3n) is 6.06. The molecule has 8 heteroatoms. The lowest BCUT2D eigenvalue weighted by molar-refractivity contribution is 0.286. The average molecular weight is 472 g/mol. The summed E-state index contributed by atoms with van der Waals surface area (Å²) < 4.78 is 3.28. The molecule has 3 aromatic heterocycles. The minimum atomic E-state index is -0.135. The molecule has 0 aliphatic rings. The van der Waals surface area contributed by atoms with Gasteiger partial charge in [-0.3, -0.25) is 9.13 Å². The molecule has 2 aromatic carbocycles. The summed E-state index contributed by atoms with van der Waals surface area (Å²) in [6.07, 6.45) is 1.73. The third kappa shape index (κ3) is 3.85. The van der Waals surface area contributed by atoms with Crippen LogP contribution in [0.4, 0.5) is 0 Å². The molecule has 0 saturated heterocycles. The van der Waals surface area contributed by atoms with Crippen LogP contribution in [-0.2, 0) is 20.2 Å². The molecule has 0 aliphatic carbocycles. The predicted molar refractivity (Wildman–Crippen MR) is 135 cm³/mol. The van der Waals surface area contributed by atoms with E-state index in [4.69, 9.17) is 4.98 Å². The average Bonchev–Trinajstić information content (AvgIpc) is 3.43. The van der Waals surface area contributed by atoms with Gasteiger partial charge in [-0.05, 0) is 17.0 Å². The topological polar surface area (TPSA) is 85.8 Å². The number of aliphatic hydroxyl groups excluding tert-OH is 1. The van der Waals surface area contributed by atoms with E-state index in [0.29, 0.717) is 29.5 Å². The van der Waals surface area contributed by atoms with Crippen molar-refractivity contribution in [2.24, 2.45) is 7.05 Å². The standard InChI is InChI=1S/C26H25N5O2S/c1-16(2)19-6-4-5-7-20(19)24-27-12-21-25(29-24)31(26(33)30(21)3)13-17-8-10-18(11-9-17)23-22(14-32)34-15-28-23/h4-12,15-16,32H,13-14H2,1-3H3. The summed E-state index contributed by atoms with van der Waals surface area (Å²) in [5, 5.41) is 9.52. The van der Waals surface area contributed by atoms with Gasteiger partial charge in [-0.2, -0.15) is 0 Å². The summed E-state index contributed by atoms with van der Waals surface area (Å²) in [7, 11) is 1.74.